The minimum Gasteiger partial charge on any atom is -0.487 e. The SMILES string of the molecule is Cc1cc(OCC(=O)O)c(C)c2c1O[C@](C)(CC(C)CCCC(C)CCCC(C)C)CC2. The molecule has 2 rings (SSSR count). The molecule has 0 aromatic heterocycles. The van der Waals surface area contributed by atoms with Gasteiger partial charge in [-0.2, -0.15) is 0 Å². The van der Waals surface area contributed by atoms with Crippen LogP contribution < -0.4 is 9.47 Å². The smallest absolute Gasteiger partial charge is 0.341 e. The third-order valence-corrected chi connectivity index (χ3v) is 7.06. The third-order valence-electron chi connectivity index (χ3n) is 7.06. The first-order valence-corrected chi connectivity index (χ1v) is 12.7. The molecule has 1 aromatic rings. The summed E-state index contributed by atoms with van der Waals surface area (Å²) >= 11 is 0. The minimum atomic E-state index is -0.956. The first kappa shape index (κ1) is 26.5. The molecule has 4 heteroatoms. The van der Waals surface area contributed by atoms with Crippen LogP contribution in [0.4, 0.5) is 0 Å². The predicted octanol–water partition coefficient (Wildman–Crippen LogP) is 7.51. The molecule has 0 fully saturated rings. The Labute approximate surface area is 196 Å². The zero-order chi connectivity index (χ0) is 23.9. The Morgan fingerprint density at radius 1 is 1.09 bits per heavy atom. The van der Waals surface area contributed by atoms with Gasteiger partial charge in [0.2, 0.25) is 0 Å². The normalized spacial score (nSPS) is 19.9. The fourth-order valence-corrected chi connectivity index (χ4v) is 5.16. The number of hydrogen-bond acceptors (Lipinski definition) is 3. The van der Waals surface area contributed by atoms with E-state index in [9.17, 15) is 4.79 Å². The van der Waals surface area contributed by atoms with Crippen LogP contribution in [0.5, 0.6) is 11.5 Å². The highest BCUT2D eigenvalue weighted by molar-refractivity contribution is 5.68. The summed E-state index contributed by atoms with van der Waals surface area (Å²) in [6, 6.07) is 1.92. The third kappa shape index (κ3) is 8.01. The molecule has 0 bridgehead atoms. The van der Waals surface area contributed by atoms with E-state index in [0.717, 1.165) is 48.0 Å². The van der Waals surface area contributed by atoms with E-state index in [1.54, 1.807) is 0 Å². The summed E-state index contributed by atoms with van der Waals surface area (Å²) in [6.45, 7) is 15.4. The Bertz CT molecular complexity index is 754. The zero-order valence-corrected chi connectivity index (χ0v) is 21.6. The van der Waals surface area contributed by atoms with Gasteiger partial charge in [-0.05, 0) is 75.0 Å². The number of ether oxygens (including phenoxy) is 2. The highest BCUT2D eigenvalue weighted by atomic mass is 16.5. The molecule has 0 spiro atoms. The molecular weight excluding hydrogens is 400 g/mol. The molecule has 1 aromatic carbocycles. The first-order valence-electron chi connectivity index (χ1n) is 12.7. The molecular formula is C28H46O4. The van der Waals surface area contributed by atoms with Crippen LogP contribution in [-0.4, -0.2) is 23.3 Å². The summed E-state index contributed by atoms with van der Waals surface area (Å²) in [5, 5.41) is 8.93. The second-order valence-corrected chi connectivity index (χ2v) is 11.0. The van der Waals surface area contributed by atoms with Gasteiger partial charge < -0.3 is 14.6 Å². The van der Waals surface area contributed by atoms with Crippen molar-refractivity contribution in [3.63, 3.8) is 0 Å². The average molecular weight is 447 g/mol. The van der Waals surface area contributed by atoms with Gasteiger partial charge in [-0.25, -0.2) is 4.79 Å². The lowest BCUT2D eigenvalue weighted by Crippen LogP contribution is -2.38. The standard InChI is InChI=1S/C28H46O4/c1-19(2)10-8-11-20(3)12-9-13-21(4)17-28(7)15-14-24-23(6)25(31-18-26(29)30)16-22(5)27(24)32-28/h16,19-21H,8-15,17-18H2,1-7H3,(H,29,30)/t20?,21?,28-/m0/s1. The second kappa shape index (κ2) is 12.0. The minimum absolute atomic E-state index is 0.143. The van der Waals surface area contributed by atoms with Crippen LogP contribution >= 0.6 is 0 Å². The van der Waals surface area contributed by atoms with Gasteiger partial charge in [0, 0.05) is 5.56 Å². The lowest BCUT2D eigenvalue weighted by Gasteiger charge is -2.39. The van der Waals surface area contributed by atoms with Gasteiger partial charge in [0.25, 0.3) is 0 Å². The van der Waals surface area contributed by atoms with Gasteiger partial charge in [-0.3, -0.25) is 0 Å². The van der Waals surface area contributed by atoms with Crippen LogP contribution in [0.1, 0.15) is 103 Å². The number of carbonyl (C=O) groups is 1. The second-order valence-electron chi connectivity index (χ2n) is 11.0. The molecule has 2 unspecified atom stereocenters. The van der Waals surface area contributed by atoms with Crippen molar-refractivity contribution in [1.82, 2.24) is 0 Å². The Morgan fingerprint density at radius 3 is 2.34 bits per heavy atom. The fourth-order valence-electron chi connectivity index (χ4n) is 5.16. The Morgan fingerprint density at radius 2 is 1.72 bits per heavy atom. The predicted molar refractivity (Wildman–Crippen MR) is 132 cm³/mol. The molecule has 1 aliphatic heterocycles. The van der Waals surface area contributed by atoms with Crippen molar-refractivity contribution in [3.8, 4) is 11.5 Å². The summed E-state index contributed by atoms with van der Waals surface area (Å²) < 4.78 is 12.1. The number of fused-ring (bicyclic) bond motifs is 1. The average Bonchev–Trinajstić information content (AvgIpc) is 2.69. The maximum absolute atomic E-state index is 10.9. The van der Waals surface area contributed by atoms with E-state index in [2.05, 4.69) is 34.6 Å². The van der Waals surface area contributed by atoms with Crippen LogP contribution in [0.25, 0.3) is 0 Å². The van der Waals surface area contributed by atoms with E-state index in [0.29, 0.717) is 11.7 Å². The molecule has 1 N–H and O–H groups in total. The topological polar surface area (TPSA) is 55.8 Å². The number of hydrogen-bond donors (Lipinski definition) is 1. The van der Waals surface area contributed by atoms with E-state index >= 15 is 0 Å². The number of aryl methyl sites for hydroxylation is 1. The lowest BCUT2D eigenvalue weighted by molar-refractivity contribution is -0.139. The largest absolute Gasteiger partial charge is 0.487 e. The van der Waals surface area contributed by atoms with E-state index in [1.807, 2.05) is 19.9 Å². The zero-order valence-electron chi connectivity index (χ0n) is 21.6. The maximum Gasteiger partial charge on any atom is 0.341 e. The van der Waals surface area contributed by atoms with Crippen molar-refractivity contribution in [3.05, 3.63) is 22.8 Å². The summed E-state index contributed by atoms with van der Waals surface area (Å²) in [6.07, 6.45) is 11.0. The molecule has 32 heavy (non-hydrogen) atoms. The van der Waals surface area contributed by atoms with E-state index in [1.165, 1.54) is 44.1 Å². The molecule has 0 saturated heterocycles. The fraction of sp³-hybridized carbons (Fsp3) is 0.750. The first-order chi connectivity index (χ1) is 15.0. The highest BCUT2D eigenvalue weighted by Crippen LogP contribution is 2.43. The van der Waals surface area contributed by atoms with Gasteiger partial charge in [-0.15, -0.1) is 0 Å². The molecule has 0 aliphatic carbocycles. The van der Waals surface area contributed by atoms with E-state index in [4.69, 9.17) is 14.6 Å². The van der Waals surface area contributed by atoms with Crippen LogP contribution in [0.3, 0.4) is 0 Å². The Hall–Kier alpha value is -1.71. The number of carboxylic acid groups (broad SMARTS) is 1. The van der Waals surface area contributed by atoms with Crippen LogP contribution in [0, 0.1) is 31.6 Å². The van der Waals surface area contributed by atoms with Crippen molar-refractivity contribution in [2.75, 3.05) is 6.61 Å². The molecule has 1 heterocycles. The molecule has 182 valence electrons. The van der Waals surface area contributed by atoms with Crippen molar-refractivity contribution in [1.29, 1.82) is 0 Å². The number of carboxylic acids is 1. The van der Waals surface area contributed by atoms with E-state index in [-0.39, 0.29) is 12.2 Å². The van der Waals surface area contributed by atoms with Crippen molar-refractivity contribution >= 4 is 5.97 Å². The number of aliphatic carboxylic acids is 1. The Kier molecular flexibility index (Phi) is 9.91. The molecule has 4 nitrogen and oxygen atoms in total. The molecule has 0 radical (unpaired) electrons. The van der Waals surface area contributed by atoms with Crippen molar-refractivity contribution in [2.24, 2.45) is 17.8 Å². The van der Waals surface area contributed by atoms with Gasteiger partial charge >= 0.3 is 5.97 Å². The summed E-state index contributed by atoms with van der Waals surface area (Å²) in [5.41, 5.74) is 3.06. The van der Waals surface area contributed by atoms with Crippen LogP contribution in [0.2, 0.25) is 0 Å². The lowest BCUT2D eigenvalue weighted by atomic mass is 9.82. The maximum atomic E-state index is 10.9. The highest BCUT2D eigenvalue weighted by Gasteiger charge is 2.35. The monoisotopic (exact) mass is 446 g/mol. The molecule has 0 amide bonds. The summed E-state index contributed by atoms with van der Waals surface area (Å²) in [5.74, 6) is 2.97. The number of benzene rings is 1. The van der Waals surface area contributed by atoms with Gasteiger partial charge in [0.15, 0.2) is 6.61 Å². The molecule has 0 saturated carbocycles. The van der Waals surface area contributed by atoms with Gasteiger partial charge in [0.1, 0.15) is 17.1 Å². The molecule has 1 aliphatic rings. The van der Waals surface area contributed by atoms with Gasteiger partial charge in [0.05, 0.1) is 0 Å². The van der Waals surface area contributed by atoms with Crippen molar-refractivity contribution < 1.29 is 19.4 Å². The number of rotatable bonds is 13. The Balaban J connectivity index is 1.88. The van der Waals surface area contributed by atoms with E-state index < -0.39 is 5.97 Å². The summed E-state index contributed by atoms with van der Waals surface area (Å²) in [4.78, 5) is 10.9. The van der Waals surface area contributed by atoms with Crippen molar-refractivity contribution in [2.45, 2.75) is 112 Å². The quantitative estimate of drug-likeness (QED) is 0.340. The van der Waals surface area contributed by atoms with Crippen LogP contribution in [-0.2, 0) is 11.2 Å². The molecule has 3 atom stereocenters. The van der Waals surface area contributed by atoms with Gasteiger partial charge in [-0.1, -0.05) is 66.2 Å². The summed E-state index contributed by atoms with van der Waals surface area (Å²) in [7, 11) is 0. The van der Waals surface area contributed by atoms with Crippen LogP contribution in [0.15, 0.2) is 6.07 Å².